The van der Waals surface area contributed by atoms with E-state index in [1.807, 2.05) is 19.1 Å². The zero-order valence-corrected chi connectivity index (χ0v) is 16.7. The molecular weight excluding hydrogens is 350 g/mol. The van der Waals surface area contributed by atoms with Crippen LogP contribution in [0.15, 0.2) is 18.2 Å². The second-order valence-electron chi connectivity index (χ2n) is 7.56. The van der Waals surface area contributed by atoms with Crippen molar-refractivity contribution in [2.75, 3.05) is 29.6 Å². The zero-order chi connectivity index (χ0) is 18.9. The minimum Gasteiger partial charge on any atom is -0.369 e. The molecule has 2 aliphatic rings. The number of nitrogens with zero attached hydrogens (tertiary/aromatic N) is 2. The fourth-order valence-electron chi connectivity index (χ4n) is 4.06. The summed E-state index contributed by atoms with van der Waals surface area (Å²) in [6.07, 6.45) is 6.16. The Bertz CT molecular complexity index is 778. The van der Waals surface area contributed by atoms with Crippen LogP contribution in [0.4, 0.5) is 11.4 Å². The van der Waals surface area contributed by atoms with Gasteiger partial charge in [0.2, 0.25) is 15.9 Å². The van der Waals surface area contributed by atoms with Crippen LogP contribution in [-0.2, 0) is 14.8 Å². The van der Waals surface area contributed by atoms with Crippen molar-refractivity contribution in [2.45, 2.75) is 58.0 Å². The van der Waals surface area contributed by atoms with E-state index < -0.39 is 16.1 Å². The van der Waals surface area contributed by atoms with Gasteiger partial charge in [0.25, 0.3) is 0 Å². The van der Waals surface area contributed by atoms with E-state index in [1.54, 1.807) is 0 Å². The molecule has 1 aromatic rings. The summed E-state index contributed by atoms with van der Waals surface area (Å²) >= 11 is 0. The van der Waals surface area contributed by atoms with Gasteiger partial charge in [0.15, 0.2) is 0 Å². The van der Waals surface area contributed by atoms with Gasteiger partial charge in [0.1, 0.15) is 6.04 Å². The number of rotatable bonds is 4. The molecule has 7 heteroatoms. The first-order valence-corrected chi connectivity index (χ1v) is 11.3. The maximum Gasteiger partial charge on any atom is 0.242 e. The third-order valence-corrected chi connectivity index (χ3v) is 6.82. The van der Waals surface area contributed by atoms with Crippen molar-refractivity contribution in [3.63, 3.8) is 0 Å². The summed E-state index contributed by atoms with van der Waals surface area (Å²) in [6, 6.07) is 6.02. The SMILES string of the molecule is Cc1cc(N2CCCC[C@@H]2C)ccc1NC(=O)[C@H]1CCCN1S(C)(=O)=O. The molecule has 0 aliphatic carbocycles. The number of hydrogen-bond donors (Lipinski definition) is 1. The standard InChI is InChI=1S/C19H29N3O3S/c1-14-13-16(21-11-5-4-7-15(21)2)9-10-17(14)20-19(23)18-8-6-12-22(18)26(3,24)25/h9-10,13,15,18H,4-8,11-12H2,1-3H3,(H,20,23)/t15-,18+/m0/s1. The van der Waals surface area contributed by atoms with E-state index >= 15 is 0 Å². The normalized spacial score (nSPS) is 24.7. The van der Waals surface area contributed by atoms with E-state index in [9.17, 15) is 13.2 Å². The third kappa shape index (κ3) is 4.04. The fraction of sp³-hybridized carbons (Fsp3) is 0.632. The van der Waals surface area contributed by atoms with Gasteiger partial charge in [-0.15, -0.1) is 0 Å². The minimum atomic E-state index is -3.36. The Morgan fingerprint density at radius 1 is 1.15 bits per heavy atom. The molecule has 2 aliphatic heterocycles. The van der Waals surface area contributed by atoms with E-state index in [4.69, 9.17) is 0 Å². The Balaban J connectivity index is 1.73. The van der Waals surface area contributed by atoms with Crippen molar-refractivity contribution in [3.8, 4) is 0 Å². The van der Waals surface area contributed by atoms with Crippen molar-refractivity contribution in [1.82, 2.24) is 4.31 Å². The molecule has 1 amide bonds. The number of amides is 1. The molecule has 2 atom stereocenters. The molecule has 1 aromatic carbocycles. The molecule has 6 nitrogen and oxygen atoms in total. The smallest absolute Gasteiger partial charge is 0.242 e. The van der Waals surface area contributed by atoms with Gasteiger partial charge in [-0.05, 0) is 69.7 Å². The van der Waals surface area contributed by atoms with Crippen LogP contribution in [0.2, 0.25) is 0 Å². The molecule has 144 valence electrons. The molecule has 0 unspecified atom stereocenters. The summed E-state index contributed by atoms with van der Waals surface area (Å²) in [5.74, 6) is -0.241. The maximum atomic E-state index is 12.6. The average molecular weight is 380 g/mol. The Morgan fingerprint density at radius 2 is 1.92 bits per heavy atom. The molecule has 0 spiro atoms. The van der Waals surface area contributed by atoms with E-state index in [1.165, 1.54) is 35.5 Å². The molecule has 26 heavy (non-hydrogen) atoms. The predicted molar refractivity (Wildman–Crippen MR) is 105 cm³/mol. The van der Waals surface area contributed by atoms with Gasteiger partial charge in [-0.25, -0.2) is 8.42 Å². The summed E-state index contributed by atoms with van der Waals surface area (Å²) in [5, 5.41) is 2.93. The minimum absolute atomic E-state index is 0.241. The van der Waals surface area contributed by atoms with Crippen molar-refractivity contribution in [3.05, 3.63) is 23.8 Å². The van der Waals surface area contributed by atoms with Crippen LogP contribution in [0.5, 0.6) is 0 Å². The highest BCUT2D eigenvalue weighted by atomic mass is 32.2. The highest BCUT2D eigenvalue weighted by molar-refractivity contribution is 7.88. The van der Waals surface area contributed by atoms with E-state index in [-0.39, 0.29) is 5.91 Å². The van der Waals surface area contributed by atoms with Crippen molar-refractivity contribution in [2.24, 2.45) is 0 Å². The number of hydrogen-bond acceptors (Lipinski definition) is 4. The molecule has 0 bridgehead atoms. The Morgan fingerprint density at radius 3 is 2.58 bits per heavy atom. The summed E-state index contributed by atoms with van der Waals surface area (Å²) in [7, 11) is -3.36. The van der Waals surface area contributed by atoms with Crippen LogP contribution in [0, 0.1) is 6.92 Å². The topological polar surface area (TPSA) is 69.7 Å². The number of anilines is 2. The van der Waals surface area contributed by atoms with Crippen LogP contribution >= 0.6 is 0 Å². The van der Waals surface area contributed by atoms with E-state index in [0.717, 1.165) is 24.2 Å². The Labute approximate surface area is 156 Å². The molecule has 2 saturated heterocycles. The summed E-state index contributed by atoms with van der Waals surface area (Å²) < 4.78 is 25.0. The molecule has 3 rings (SSSR count). The zero-order valence-electron chi connectivity index (χ0n) is 15.9. The predicted octanol–water partition coefficient (Wildman–Crippen LogP) is 2.74. The summed E-state index contributed by atoms with van der Waals surface area (Å²) in [4.78, 5) is 15.1. The molecule has 0 saturated carbocycles. The number of piperidine rings is 1. The molecule has 1 N–H and O–H groups in total. The van der Waals surface area contributed by atoms with Gasteiger partial charge in [0.05, 0.1) is 6.26 Å². The number of nitrogens with one attached hydrogen (secondary N) is 1. The first-order chi connectivity index (χ1) is 12.3. The quantitative estimate of drug-likeness (QED) is 0.873. The average Bonchev–Trinajstić information content (AvgIpc) is 3.07. The molecule has 0 aromatic heterocycles. The van der Waals surface area contributed by atoms with E-state index in [2.05, 4.69) is 23.2 Å². The highest BCUT2D eigenvalue weighted by Crippen LogP contribution is 2.29. The second-order valence-corrected chi connectivity index (χ2v) is 9.49. The lowest BCUT2D eigenvalue weighted by Gasteiger charge is -2.35. The van der Waals surface area contributed by atoms with Crippen LogP contribution in [0.25, 0.3) is 0 Å². The van der Waals surface area contributed by atoms with Gasteiger partial charge in [-0.1, -0.05) is 0 Å². The van der Waals surface area contributed by atoms with Crippen molar-refractivity contribution in [1.29, 1.82) is 0 Å². The van der Waals surface area contributed by atoms with E-state index in [0.29, 0.717) is 19.0 Å². The van der Waals surface area contributed by atoms with Gasteiger partial charge in [-0.3, -0.25) is 4.79 Å². The van der Waals surface area contributed by atoms with Gasteiger partial charge in [-0.2, -0.15) is 4.31 Å². The van der Waals surface area contributed by atoms with Crippen molar-refractivity contribution < 1.29 is 13.2 Å². The first kappa shape index (κ1) is 19.2. The monoisotopic (exact) mass is 379 g/mol. The van der Waals surface area contributed by atoms with Crippen LogP contribution in [0.1, 0.15) is 44.6 Å². The highest BCUT2D eigenvalue weighted by Gasteiger charge is 2.36. The lowest BCUT2D eigenvalue weighted by molar-refractivity contribution is -0.119. The van der Waals surface area contributed by atoms with Gasteiger partial charge in [0, 0.05) is 30.5 Å². The number of aryl methyl sites for hydroxylation is 1. The van der Waals surface area contributed by atoms with Crippen LogP contribution in [0.3, 0.4) is 0 Å². The first-order valence-electron chi connectivity index (χ1n) is 9.42. The number of benzene rings is 1. The molecular formula is C19H29N3O3S. The van der Waals surface area contributed by atoms with Gasteiger partial charge >= 0.3 is 0 Å². The Kier molecular flexibility index (Phi) is 5.58. The maximum absolute atomic E-state index is 12.6. The number of sulfonamides is 1. The number of carbonyl (C=O) groups is 1. The fourth-order valence-corrected chi connectivity index (χ4v) is 5.19. The summed E-state index contributed by atoms with van der Waals surface area (Å²) in [5.41, 5.74) is 2.94. The Hall–Kier alpha value is -1.60. The molecule has 2 heterocycles. The number of carbonyl (C=O) groups excluding carboxylic acids is 1. The molecule has 0 radical (unpaired) electrons. The lowest BCUT2D eigenvalue weighted by Crippen LogP contribution is -2.42. The second kappa shape index (κ2) is 7.56. The largest absolute Gasteiger partial charge is 0.369 e. The van der Waals surface area contributed by atoms with Crippen LogP contribution < -0.4 is 10.2 Å². The van der Waals surface area contributed by atoms with Crippen molar-refractivity contribution >= 4 is 27.3 Å². The summed E-state index contributed by atoms with van der Waals surface area (Å²) in [6.45, 7) is 5.72. The third-order valence-electron chi connectivity index (χ3n) is 5.53. The van der Waals surface area contributed by atoms with Gasteiger partial charge < -0.3 is 10.2 Å². The molecule has 2 fully saturated rings. The van der Waals surface area contributed by atoms with Crippen LogP contribution in [-0.4, -0.2) is 50.1 Å². The lowest BCUT2D eigenvalue weighted by atomic mass is 10.0.